The third-order valence-electron chi connectivity index (χ3n) is 3.85. The molecular weight excluding hydrogens is 368 g/mol. The highest BCUT2D eigenvalue weighted by Crippen LogP contribution is 2.28. The van der Waals surface area contributed by atoms with Crippen LogP contribution in [0.3, 0.4) is 0 Å². The van der Waals surface area contributed by atoms with E-state index in [0.29, 0.717) is 0 Å². The lowest BCUT2D eigenvalue weighted by atomic mass is 10.1. The standard InChI is InChI=1S/C19H19BrN2O2/c1-23-17-7-6-15(11-18(17)24-2)13-22-9-8-21-19(22)12-14-4-3-5-16(20)10-14/h3-11H,12-13H2,1-2H3. The van der Waals surface area contributed by atoms with Gasteiger partial charge in [0.25, 0.3) is 0 Å². The highest BCUT2D eigenvalue weighted by molar-refractivity contribution is 9.10. The smallest absolute Gasteiger partial charge is 0.161 e. The van der Waals surface area contributed by atoms with Crippen LogP contribution in [-0.2, 0) is 13.0 Å². The predicted octanol–water partition coefficient (Wildman–Crippen LogP) is 4.30. The van der Waals surface area contributed by atoms with E-state index in [4.69, 9.17) is 9.47 Å². The van der Waals surface area contributed by atoms with Crippen molar-refractivity contribution in [3.8, 4) is 11.5 Å². The fraction of sp³-hybridized carbons (Fsp3) is 0.211. The summed E-state index contributed by atoms with van der Waals surface area (Å²) in [6.07, 6.45) is 4.64. The number of ether oxygens (including phenoxy) is 2. The number of aromatic nitrogens is 2. The van der Waals surface area contributed by atoms with Crippen LogP contribution in [0, 0.1) is 0 Å². The van der Waals surface area contributed by atoms with Gasteiger partial charge in [0, 0.05) is 29.8 Å². The van der Waals surface area contributed by atoms with Gasteiger partial charge in [-0.1, -0.05) is 34.1 Å². The van der Waals surface area contributed by atoms with Crippen molar-refractivity contribution in [3.05, 3.63) is 76.3 Å². The number of benzene rings is 2. The van der Waals surface area contributed by atoms with Crippen LogP contribution in [0.4, 0.5) is 0 Å². The Bertz CT molecular complexity index is 830. The summed E-state index contributed by atoms with van der Waals surface area (Å²) in [4.78, 5) is 4.51. The Morgan fingerprint density at radius 1 is 1.00 bits per heavy atom. The number of nitrogens with zero attached hydrogens (tertiary/aromatic N) is 2. The summed E-state index contributed by atoms with van der Waals surface area (Å²) in [6, 6.07) is 14.3. The minimum absolute atomic E-state index is 0.737. The van der Waals surface area contributed by atoms with E-state index in [1.54, 1.807) is 14.2 Å². The quantitative estimate of drug-likeness (QED) is 0.633. The van der Waals surface area contributed by atoms with Crippen molar-refractivity contribution in [3.63, 3.8) is 0 Å². The second kappa shape index (κ2) is 7.53. The largest absolute Gasteiger partial charge is 0.493 e. The number of imidazole rings is 1. The molecule has 3 aromatic rings. The van der Waals surface area contributed by atoms with Gasteiger partial charge in [0.2, 0.25) is 0 Å². The van der Waals surface area contributed by atoms with Crippen LogP contribution >= 0.6 is 15.9 Å². The minimum atomic E-state index is 0.737. The molecule has 0 spiro atoms. The molecule has 0 aliphatic heterocycles. The molecule has 124 valence electrons. The van der Waals surface area contributed by atoms with Crippen molar-refractivity contribution < 1.29 is 9.47 Å². The van der Waals surface area contributed by atoms with Gasteiger partial charge in [0.1, 0.15) is 5.82 Å². The summed E-state index contributed by atoms with van der Waals surface area (Å²) in [5.74, 6) is 2.51. The van der Waals surface area contributed by atoms with Crippen LogP contribution in [0.5, 0.6) is 11.5 Å². The number of hydrogen-bond acceptors (Lipinski definition) is 3. The number of halogens is 1. The molecule has 0 aliphatic rings. The molecule has 0 amide bonds. The minimum Gasteiger partial charge on any atom is -0.493 e. The third kappa shape index (κ3) is 3.79. The van der Waals surface area contributed by atoms with Crippen molar-refractivity contribution in [2.75, 3.05) is 14.2 Å². The van der Waals surface area contributed by atoms with Gasteiger partial charge in [-0.05, 0) is 35.4 Å². The first-order chi connectivity index (χ1) is 11.7. The number of rotatable bonds is 6. The lowest BCUT2D eigenvalue weighted by molar-refractivity contribution is 0.354. The molecule has 2 aromatic carbocycles. The molecule has 0 radical (unpaired) electrons. The zero-order valence-corrected chi connectivity index (χ0v) is 15.3. The molecule has 1 aromatic heterocycles. The van der Waals surface area contributed by atoms with Crippen molar-refractivity contribution in [2.24, 2.45) is 0 Å². The Balaban J connectivity index is 1.81. The fourth-order valence-corrected chi connectivity index (χ4v) is 3.10. The molecular formula is C19H19BrN2O2. The van der Waals surface area contributed by atoms with Crippen molar-refractivity contribution in [1.82, 2.24) is 9.55 Å². The maximum atomic E-state index is 5.38. The molecule has 0 bridgehead atoms. The lowest BCUT2D eigenvalue weighted by Gasteiger charge is -2.12. The molecule has 3 rings (SSSR count). The molecule has 0 atom stereocenters. The van der Waals surface area contributed by atoms with Crippen molar-refractivity contribution in [1.29, 1.82) is 0 Å². The first kappa shape index (κ1) is 16.6. The van der Waals surface area contributed by atoms with Gasteiger partial charge < -0.3 is 14.0 Å². The topological polar surface area (TPSA) is 36.3 Å². The van der Waals surface area contributed by atoms with Crippen molar-refractivity contribution in [2.45, 2.75) is 13.0 Å². The van der Waals surface area contributed by atoms with Crippen LogP contribution < -0.4 is 9.47 Å². The summed E-state index contributed by atoms with van der Waals surface area (Å²) in [5.41, 5.74) is 2.37. The molecule has 24 heavy (non-hydrogen) atoms. The van der Waals surface area contributed by atoms with Gasteiger partial charge in [-0.3, -0.25) is 0 Å². The molecule has 5 heteroatoms. The van der Waals surface area contributed by atoms with E-state index in [9.17, 15) is 0 Å². The van der Waals surface area contributed by atoms with Crippen molar-refractivity contribution >= 4 is 15.9 Å². The second-order valence-electron chi connectivity index (χ2n) is 5.47. The highest BCUT2D eigenvalue weighted by Gasteiger charge is 2.08. The molecule has 4 nitrogen and oxygen atoms in total. The van der Waals surface area contributed by atoms with Crippen LogP contribution in [0.1, 0.15) is 17.0 Å². The first-order valence-corrected chi connectivity index (χ1v) is 8.44. The van der Waals surface area contributed by atoms with Gasteiger partial charge in [-0.2, -0.15) is 0 Å². The molecule has 0 N–H and O–H groups in total. The van der Waals surface area contributed by atoms with Crippen LogP contribution in [0.2, 0.25) is 0 Å². The second-order valence-corrected chi connectivity index (χ2v) is 6.38. The number of methoxy groups -OCH3 is 2. The summed E-state index contributed by atoms with van der Waals surface area (Å²) in [5, 5.41) is 0. The normalized spacial score (nSPS) is 10.6. The Morgan fingerprint density at radius 3 is 2.58 bits per heavy atom. The highest BCUT2D eigenvalue weighted by atomic mass is 79.9. The van der Waals surface area contributed by atoms with E-state index in [-0.39, 0.29) is 0 Å². The van der Waals surface area contributed by atoms with E-state index >= 15 is 0 Å². The summed E-state index contributed by atoms with van der Waals surface area (Å²) in [7, 11) is 3.29. The van der Waals surface area contributed by atoms with Gasteiger partial charge in [-0.15, -0.1) is 0 Å². The summed E-state index contributed by atoms with van der Waals surface area (Å²) in [6.45, 7) is 0.740. The van der Waals surface area contributed by atoms with Crippen LogP contribution in [0.15, 0.2) is 59.3 Å². The maximum Gasteiger partial charge on any atom is 0.161 e. The molecule has 0 saturated carbocycles. The van der Waals surface area contributed by atoms with Gasteiger partial charge in [-0.25, -0.2) is 4.98 Å². The van der Waals surface area contributed by atoms with E-state index in [1.165, 1.54) is 5.56 Å². The third-order valence-corrected chi connectivity index (χ3v) is 4.35. The average Bonchev–Trinajstić information content (AvgIpc) is 3.01. The van der Waals surface area contributed by atoms with Gasteiger partial charge >= 0.3 is 0 Å². The van der Waals surface area contributed by atoms with Crippen LogP contribution in [0.25, 0.3) is 0 Å². The van der Waals surface area contributed by atoms with Gasteiger partial charge in [0.15, 0.2) is 11.5 Å². The summed E-state index contributed by atoms with van der Waals surface area (Å²) < 4.78 is 13.9. The Morgan fingerprint density at radius 2 is 1.83 bits per heavy atom. The van der Waals surface area contributed by atoms with Gasteiger partial charge in [0.05, 0.1) is 14.2 Å². The molecule has 0 fully saturated rings. The Labute approximate surface area is 150 Å². The zero-order chi connectivity index (χ0) is 16.9. The van der Waals surface area contributed by atoms with E-state index < -0.39 is 0 Å². The van der Waals surface area contributed by atoms with E-state index in [1.807, 2.05) is 42.7 Å². The molecule has 1 heterocycles. The lowest BCUT2D eigenvalue weighted by Crippen LogP contribution is -2.05. The maximum absolute atomic E-state index is 5.38. The Kier molecular flexibility index (Phi) is 5.20. The van der Waals surface area contributed by atoms with E-state index in [2.05, 4.69) is 37.6 Å². The van der Waals surface area contributed by atoms with E-state index in [0.717, 1.165) is 40.3 Å². The summed E-state index contributed by atoms with van der Waals surface area (Å²) >= 11 is 3.52. The predicted molar refractivity (Wildman–Crippen MR) is 97.8 cm³/mol. The molecule has 0 aliphatic carbocycles. The number of hydrogen-bond donors (Lipinski definition) is 0. The SMILES string of the molecule is COc1ccc(Cn2ccnc2Cc2cccc(Br)c2)cc1OC. The molecule has 0 saturated heterocycles. The molecule has 0 unspecified atom stereocenters. The van der Waals surface area contributed by atoms with Crippen LogP contribution in [-0.4, -0.2) is 23.8 Å². The zero-order valence-electron chi connectivity index (χ0n) is 13.7. The monoisotopic (exact) mass is 386 g/mol. The fourth-order valence-electron chi connectivity index (χ4n) is 2.66. The first-order valence-electron chi connectivity index (χ1n) is 7.65. The Hall–Kier alpha value is -2.27. The average molecular weight is 387 g/mol.